The minimum absolute atomic E-state index is 0.218. The average Bonchev–Trinajstić information content (AvgIpc) is 2.90. The van der Waals surface area contributed by atoms with Crippen LogP contribution in [0, 0.1) is 0 Å². The fourth-order valence-corrected chi connectivity index (χ4v) is 2.96. The molecule has 0 radical (unpaired) electrons. The van der Waals surface area contributed by atoms with Gasteiger partial charge in [0.05, 0.1) is 0 Å². The van der Waals surface area contributed by atoms with Crippen molar-refractivity contribution in [2.75, 3.05) is 13.1 Å². The molecule has 0 aliphatic carbocycles. The fourth-order valence-electron chi connectivity index (χ4n) is 2.96. The van der Waals surface area contributed by atoms with Crippen LogP contribution in [0.3, 0.4) is 0 Å². The van der Waals surface area contributed by atoms with Crippen molar-refractivity contribution in [3.63, 3.8) is 0 Å². The largest absolute Gasteiger partial charge is 0.472 e. The number of likely N-dealkylation sites (N-methyl/N-ethyl adjacent to an activating group) is 1. The number of hydrogen-bond donors (Lipinski definition) is 1. The van der Waals surface area contributed by atoms with Crippen LogP contribution in [0.1, 0.15) is 24.5 Å². The number of aliphatic hydroxyl groups is 1. The molecule has 0 spiro atoms. The van der Waals surface area contributed by atoms with Crippen LogP contribution in [0.25, 0.3) is 0 Å². The second-order valence-electron chi connectivity index (χ2n) is 5.80. The minimum Gasteiger partial charge on any atom is -0.472 e. The van der Waals surface area contributed by atoms with Crippen molar-refractivity contribution < 1.29 is 9.84 Å². The Balaban J connectivity index is 1.64. The first kappa shape index (κ1) is 15.1. The lowest BCUT2D eigenvalue weighted by Crippen LogP contribution is -2.39. The predicted octanol–water partition coefficient (Wildman–Crippen LogP) is 3.07. The van der Waals surface area contributed by atoms with Gasteiger partial charge >= 0.3 is 0 Å². The van der Waals surface area contributed by atoms with E-state index in [1.54, 1.807) is 0 Å². The highest BCUT2D eigenvalue weighted by molar-refractivity contribution is 5.31. The third-order valence-electron chi connectivity index (χ3n) is 4.24. The van der Waals surface area contributed by atoms with Gasteiger partial charge in [-0.15, -0.1) is 0 Å². The van der Waals surface area contributed by atoms with E-state index in [2.05, 4.69) is 48.2 Å². The minimum atomic E-state index is -0.399. The molecule has 2 unspecified atom stereocenters. The van der Waals surface area contributed by atoms with Crippen molar-refractivity contribution in [3.05, 3.63) is 65.7 Å². The lowest BCUT2D eigenvalue weighted by atomic mass is 10.1. The summed E-state index contributed by atoms with van der Waals surface area (Å²) in [5.41, 5.74) is 2.57. The van der Waals surface area contributed by atoms with Crippen molar-refractivity contribution >= 4 is 0 Å². The summed E-state index contributed by atoms with van der Waals surface area (Å²) in [5, 5.41) is 10.0. The Morgan fingerprint density at radius 3 is 2.41 bits per heavy atom. The van der Waals surface area contributed by atoms with Crippen LogP contribution in [0.5, 0.6) is 5.75 Å². The molecule has 0 bridgehead atoms. The number of aliphatic hydroxyl groups excluding tert-OH is 1. The van der Waals surface area contributed by atoms with Gasteiger partial charge in [0.2, 0.25) is 0 Å². The summed E-state index contributed by atoms with van der Waals surface area (Å²) in [6.07, 6.45) is 1.09. The van der Waals surface area contributed by atoms with Crippen molar-refractivity contribution in [1.29, 1.82) is 0 Å². The molecule has 1 heterocycles. The van der Waals surface area contributed by atoms with Gasteiger partial charge in [-0.1, -0.05) is 49.4 Å². The monoisotopic (exact) mass is 297 g/mol. The molecule has 1 fully saturated rings. The second-order valence-corrected chi connectivity index (χ2v) is 5.80. The quantitative estimate of drug-likeness (QED) is 0.920. The third kappa shape index (κ3) is 3.49. The van der Waals surface area contributed by atoms with Gasteiger partial charge in [0.1, 0.15) is 11.9 Å². The Kier molecular flexibility index (Phi) is 4.76. The SMILES string of the molecule is CCN1CCC(O)C1Oc1ccc(Cc2ccccc2)cc1. The van der Waals surface area contributed by atoms with Gasteiger partial charge in [-0.05, 0) is 42.6 Å². The van der Waals surface area contributed by atoms with E-state index in [1.807, 2.05) is 18.2 Å². The Morgan fingerprint density at radius 2 is 1.73 bits per heavy atom. The normalized spacial score (nSPS) is 21.9. The molecule has 1 saturated heterocycles. The van der Waals surface area contributed by atoms with Crippen molar-refractivity contribution in [2.24, 2.45) is 0 Å². The number of rotatable bonds is 5. The Hall–Kier alpha value is -1.84. The van der Waals surface area contributed by atoms with Crippen LogP contribution in [0.2, 0.25) is 0 Å². The molecule has 1 aliphatic heterocycles. The van der Waals surface area contributed by atoms with E-state index in [9.17, 15) is 5.11 Å². The molecular formula is C19H23NO2. The molecule has 0 saturated carbocycles. The van der Waals surface area contributed by atoms with E-state index in [0.717, 1.165) is 31.7 Å². The standard InChI is InChI=1S/C19H23NO2/c1-2-20-13-12-18(21)19(20)22-17-10-8-16(9-11-17)14-15-6-4-3-5-7-15/h3-11,18-19,21H,2,12-14H2,1H3. The number of benzene rings is 2. The Labute approximate surface area is 132 Å². The highest BCUT2D eigenvalue weighted by Crippen LogP contribution is 2.23. The summed E-state index contributed by atoms with van der Waals surface area (Å²) in [6.45, 7) is 3.89. The molecule has 2 aromatic carbocycles. The summed E-state index contributed by atoms with van der Waals surface area (Å²) < 4.78 is 5.97. The molecule has 0 amide bonds. The maximum absolute atomic E-state index is 10.0. The zero-order valence-corrected chi connectivity index (χ0v) is 13.0. The zero-order valence-electron chi connectivity index (χ0n) is 13.0. The van der Waals surface area contributed by atoms with Crippen LogP contribution >= 0.6 is 0 Å². The number of likely N-dealkylation sites (tertiary alicyclic amines) is 1. The predicted molar refractivity (Wildman–Crippen MR) is 88.0 cm³/mol. The fraction of sp³-hybridized carbons (Fsp3) is 0.368. The van der Waals surface area contributed by atoms with E-state index in [0.29, 0.717) is 0 Å². The van der Waals surface area contributed by atoms with Crippen molar-refractivity contribution in [2.45, 2.75) is 32.1 Å². The summed E-state index contributed by atoms with van der Waals surface area (Å²) in [7, 11) is 0. The molecule has 1 N–H and O–H groups in total. The molecule has 2 aromatic rings. The van der Waals surface area contributed by atoms with Gasteiger partial charge in [-0.3, -0.25) is 4.90 Å². The smallest absolute Gasteiger partial charge is 0.178 e. The van der Waals surface area contributed by atoms with E-state index in [1.165, 1.54) is 11.1 Å². The second kappa shape index (κ2) is 6.95. The van der Waals surface area contributed by atoms with Gasteiger partial charge in [0.15, 0.2) is 6.23 Å². The third-order valence-corrected chi connectivity index (χ3v) is 4.24. The van der Waals surface area contributed by atoms with Crippen LogP contribution in [-0.2, 0) is 6.42 Å². The molecule has 0 aromatic heterocycles. The van der Waals surface area contributed by atoms with Gasteiger partial charge in [0, 0.05) is 6.54 Å². The highest BCUT2D eigenvalue weighted by Gasteiger charge is 2.33. The van der Waals surface area contributed by atoms with Crippen LogP contribution in [0.15, 0.2) is 54.6 Å². The maximum Gasteiger partial charge on any atom is 0.178 e. The van der Waals surface area contributed by atoms with Gasteiger partial charge in [-0.2, -0.15) is 0 Å². The van der Waals surface area contributed by atoms with E-state index in [4.69, 9.17) is 4.74 Å². The summed E-state index contributed by atoms with van der Waals surface area (Å²) in [6, 6.07) is 18.6. The van der Waals surface area contributed by atoms with Crippen LogP contribution in [-0.4, -0.2) is 35.4 Å². The van der Waals surface area contributed by atoms with Gasteiger partial charge < -0.3 is 9.84 Å². The van der Waals surface area contributed by atoms with E-state index >= 15 is 0 Å². The van der Waals surface area contributed by atoms with Crippen LogP contribution in [0.4, 0.5) is 0 Å². The highest BCUT2D eigenvalue weighted by atomic mass is 16.5. The maximum atomic E-state index is 10.0. The molecule has 22 heavy (non-hydrogen) atoms. The van der Waals surface area contributed by atoms with Gasteiger partial charge in [-0.25, -0.2) is 0 Å². The topological polar surface area (TPSA) is 32.7 Å². The molecule has 3 nitrogen and oxygen atoms in total. The lowest BCUT2D eigenvalue weighted by molar-refractivity contribution is -0.0145. The van der Waals surface area contributed by atoms with Gasteiger partial charge in [0.25, 0.3) is 0 Å². The van der Waals surface area contributed by atoms with Crippen molar-refractivity contribution in [1.82, 2.24) is 4.90 Å². The Morgan fingerprint density at radius 1 is 1.05 bits per heavy atom. The molecule has 2 atom stereocenters. The summed E-state index contributed by atoms with van der Waals surface area (Å²) >= 11 is 0. The molecular weight excluding hydrogens is 274 g/mol. The molecule has 1 aliphatic rings. The first-order chi connectivity index (χ1) is 10.8. The van der Waals surface area contributed by atoms with E-state index in [-0.39, 0.29) is 6.23 Å². The zero-order chi connectivity index (χ0) is 15.4. The summed E-state index contributed by atoms with van der Waals surface area (Å²) in [4.78, 5) is 2.17. The molecule has 3 heteroatoms. The first-order valence-electron chi connectivity index (χ1n) is 7.98. The Bertz CT molecular complexity index is 582. The molecule has 116 valence electrons. The van der Waals surface area contributed by atoms with Crippen molar-refractivity contribution in [3.8, 4) is 5.75 Å². The number of ether oxygens (including phenoxy) is 1. The van der Waals surface area contributed by atoms with E-state index < -0.39 is 6.10 Å². The number of nitrogens with zero attached hydrogens (tertiary/aromatic N) is 1. The lowest BCUT2D eigenvalue weighted by Gasteiger charge is -2.25. The average molecular weight is 297 g/mol. The first-order valence-corrected chi connectivity index (χ1v) is 7.98. The molecule has 3 rings (SSSR count). The number of hydrogen-bond acceptors (Lipinski definition) is 3. The van der Waals surface area contributed by atoms with Crippen LogP contribution < -0.4 is 4.74 Å². The summed E-state index contributed by atoms with van der Waals surface area (Å²) in [5.74, 6) is 0.821.